The molecule has 0 saturated heterocycles. The highest BCUT2D eigenvalue weighted by atomic mass is 19.1. The molecule has 0 aliphatic heterocycles. The Hall–Kier alpha value is -2.49. The first-order valence-corrected chi connectivity index (χ1v) is 5.46. The van der Waals surface area contributed by atoms with Gasteiger partial charge in [0.25, 0.3) is 0 Å². The average molecular weight is 240 g/mol. The van der Waals surface area contributed by atoms with Crippen molar-refractivity contribution < 1.29 is 9.18 Å². The summed E-state index contributed by atoms with van der Waals surface area (Å²) in [6.07, 6.45) is 2.45. The Kier molecular flexibility index (Phi) is 2.41. The lowest BCUT2D eigenvalue weighted by atomic mass is 10.2. The summed E-state index contributed by atoms with van der Waals surface area (Å²) in [5, 5.41) is 0. The molecule has 0 spiro atoms. The first-order valence-electron chi connectivity index (χ1n) is 5.46. The fraction of sp³-hybridized carbons (Fsp3) is 0. The van der Waals surface area contributed by atoms with Crippen molar-refractivity contribution in [3.63, 3.8) is 0 Å². The van der Waals surface area contributed by atoms with Gasteiger partial charge in [0.15, 0.2) is 0 Å². The molecule has 0 N–H and O–H groups in total. The number of halogens is 1. The van der Waals surface area contributed by atoms with Gasteiger partial charge < -0.3 is 0 Å². The van der Waals surface area contributed by atoms with Crippen LogP contribution in [0.25, 0.3) is 16.7 Å². The SMILES string of the molecule is O=Cc1ccc2ncn(-c3ccc(F)cc3)c2c1. The van der Waals surface area contributed by atoms with E-state index >= 15 is 0 Å². The van der Waals surface area contributed by atoms with E-state index < -0.39 is 0 Å². The van der Waals surface area contributed by atoms with E-state index in [1.807, 2.05) is 4.57 Å². The molecule has 2 aromatic carbocycles. The number of imidazole rings is 1. The van der Waals surface area contributed by atoms with Crippen LogP contribution in [0.3, 0.4) is 0 Å². The summed E-state index contributed by atoms with van der Waals surface area (Å²) >= 11 is 0. The molecule has 0 aliphatic rings. The van der Waals surface area contributed by atoms with E-state index in [1.165, 1.54) is 12.1 Å². The van der Waals surface area contributed by atoms with Crippen LogP contribution in [0.1, 0.15) is 10.4 Å². The molecule has 3 aromatic rings. The minimum atomic E-state index is -0.281. The lowest BCUT2D eigenvalue weighted by Gasteiger charge is -2.04. The maximum absolute atomic E-state index is 12.9. The Labute approximate surface area is 103 Å². The molecule has 4 heteroatoms. The van der Waals surface area contributed by atoms with Crippen LogP contribution in [0.5, 0.6) is 0 Å². The summed E-state index contributed by atoms with van der Waals surface area (Å²) in [6.45, 7) is 0. The van der Waals surface area contributed by atoms with E-state index in [9.17, 15) is 9.18 Å². The first kappa shape index (κ1) is 10.7. The van der Waals surface area contributed by atoms with Gasteiger partial charge in [-0.05, 0) is 42.5 Å². The van der Waals surface area contributed by atoms with Crippen molar-refractivity contribution in [1.29, 1.82) is 0 Å². The zero-order valence-electron chi connectivity index (χ0n) is 9.38. The van der Waals surface area contributed by atoms with Crippen LogP contribution in [-0.2, 0) is 0 Å². The minimum Gasteiger partial charge on any atom is -0.299 e. The lowest BCUT2D eigenvalue weighted by molar-refractivity contribution is 0.112. The third-order valence-corrected chi connectivity index (χ3v) is 2.81. The smallest absolute Gasteiger partial charge is 0.150 e. The minimum absolute atomic E-state index is 0.281. The third kappa shape index (κ3) is 1.68. The van der Waals surface area contributed by atoms with E-state index in [0.717, 1.165) is 23.0 Å². The molecule has 0 fully saturated rings. The standard InChI is InChI=1S/C14H9FN2O/c15-11-2-4-12(5-3-11)17-9-16-13-6-1-10(8-18)7-14(13)17/h1-9H. The van der Waals surface area contributed by atoms with Crippen molar-refractivity contribution in [3.05, 3.63) is 60.2 Å². The average Bonchev–Trinajstić information content (AvgIpc) is 2.82. The van der Waals surface area contributed by atoms with Gasteiger partial charge in [-0.3, -0.25) is 9.36 Å². The van der Waals surface area contributed by atoms with Gasteiger partial charge in [-0.2, -0.15) is 0 Å². The number of fused-ring (bicyclic) bond motifs is 1. The van der Waals surface area contributed by atoms with Crippen molar-refractivity contribution in [2.45, 2.75) is 0 Å². The maximum atomic E-state index is 12.9. The highest BCUT2D eigenvalue weighted by molar-refractivity contribution is 5.85. The Balaban J connectivity index is 2.22. The zero-order valence-corrected chi connectivity index (χ0v) is 9.38. The Morgan fingerprint density at radius 1 is 1.11 bits per heavy atom. The molecule has 0 bridgehead atoms. The van der Waals surface area contributed by atoms with Crippen LogP contribution in [0.4, 0.5) is 4.39 Å². The van der Waals surface area contributed by atoms with Crippen molar-refractivity contribution in [2.24, 2.45) is 0 Å². The Morgan fingerprint density at radius 3 is 2.61 bits per heavy atom. The quantitative estimate of drug-likeness (QED) is 0.645. The third-order valence-electron chi connectivity index (χ3n) is 2.81. The first-order chi connectivity index (χ1) is 8.78. The summed E-state index contributed by atoms with van der Waals surface area (Å²) in [5.74, 6) is -0.281. The van der Waals surface area contributed by atoms with Crippen LogP contribution in [0, 0.1) is 5.82 Å². The van der Waals surface area contributed by atoms with Gasteiger partial charge in [-0.15, -0.1) is 0 Å². The van der Waals surface area contributed by atoms with Gasteiger partial charge in [0.05, 0.1) is 11.0 Å². The van der Waals surface area contributed by atoms with E-state index in [1.54, 1.807) is 36.7 Å². The van der Waals surface area contributed by atoms with E-state index in [0.29, 0.717) is 5.56 Å². The molecule has 0 atom stereocenters. The number of benzene rings is 2. The molecule has 1 aromatic heterocycles. The number of aromatic nitrogens is 2. The van der Waals surface area contributed by atoms with Gasteiger partial charge in [0, 0.05) is 11.3 Å². The van der Waals surface area contributed by atoms with Crippen LogP contribution in [0.2, 0.25) is 0 Å². The summed E-state index contributed by atoms with van der Waals surface area (Å²) in [5.41, 5.74) is 3.02. The van der Waals surface area contributed by atoms with Gasteiger partial charge in [0.2, 0.25) is 0 Å². The number of hydrogen-bond acceptors (Lipinski definition) is 2. The summed E-state index contributed by atoms with van der Waals surface area (Å²) in [4.78, 5) is 15.0. The number of carbonyl (C=O) groups excluding carboxylic acids is 1. The molecule has 0 radical (unpaired) electrons. The molecule has 0 unspecified atom stereocenters. The molecule has 88 valence electrons. The van der Waals surface area contributed by atoms with Crippen LogP contribution in [-0.4, -0.2) is 15.8 Å². The second-order valence-electron chi connectivity index (χ2n) is 3.96. The van der Waals surface area contributed by atoms with E-state index in [-0.39, 0.29) is 5.82 Å². The topological polar surface area (TPSA) is 34.9 Å². The van der Waals surface area contributed by atoms with Crippen LogP contribution in [0.15, 0.2) is 48.8 Å². The molecule has 18 heavy (non-hydrogen) atoms. The van der Waals surface area contributed by atoms with Gasteiger partial charge in [0.1, 0.15) is 18.4 Å². The normalized spacial score (nSPS) is 10.7. The fourth-order valence-corrected chi connectivity index (χ4v) is 1.91. The molecule has 3 nitrogen and oxygen atoms in total. The summed E-state index contributed by atoms with van der Waals surface area (Å²) in [6, 6.07) is 11.4. The van der Waals surface area contributed by atoms with Crippen molar-refractivity contribution in [1.82, 2.24) is 9.55 Å². The molecule has 0 saturated carbocycles. The highest BCUT2D eigenvalue weighted by Crippen LogP contribution is 2.19. The summed E-state index contributed by atoms with van der Waals surface area (Å²) in [7, 11) is 0. The summed E-state index contributed by atoms with van der Waals surface area (Å²) < 4.78 is 14.7. The Bertz CT molecular complexity index is 716. The molecular formula is C14H9FN2O. The number of rotatable bonds is 2. The number of aldehydes is 1. The number of carbonyl (C=O) groups is 1. The van der Waals surface area contributed by atoms with Crippen molar-refractivity contribution in [3.8, 4) is 5.69 Å². The predicted octanol–water partition coefficient (Wildman–Crippen LogP) is 2.98. The van der Waals surface area contributed by atoms with Crippen molar-refractivity contribution >= 4 is 17.3 Å². The predicted molar refractivity (Wildman–Crippen MR) is 66.4 cm³/mol. The lowest BCUT2D eigenvalue weighted by Crippen LogP contribution is -1.92. The second kappa shape index (κ2) is 4.07. The number of nitrogens with zero attached hydrogens (tertiary/aromatic N) is 2. The molecular weight excluding hydrogens is 231 g/mol. The zero-order chi connectivity index (χ0) is 12.5. The van der Waals surface area contributed by atoms with E-state index in [2.05, 4.69) is 4.98 Å². The van der Waals surface area contributed by atoms with Gasteiger partial charge in [-0.25, -0.2) is 9.37 Å². The molecule has 3 rings (SSSR count). The van der Waals surface area contributed by atoms with Crippen molar-refractivity contribution in [2.75, 3.05) is 0 Å². The highest BCUT2D eigenvalue weighted by Gasteiger charge is 2.05. The molecule has 1 heterocycles. The molecule has 0 aliphatic carbocycles. The fourth-order valence-electron chi connectivity index (χ4n) is 1.91. The number of hydrogen-bond donors (Lipinski definition) is 0. The monoisotopic (exact) mass is 240 g/mol. The molecule has 0 amide bonds. The van der Waals surface area contributed by atoms with Gasteiger partial charge >= 0.3 is 0 Å². The Morgan fingerprint density at radius 2 is 1.89 bits per heavy atom. The van der Waals surface area contributed by atoms with Crippen LogP contribution < -0.4 is 0 Å². The second-order valence-corrected chi connectivity index (χ2v) is 3.96. The van der Waals surface area contributed by atoms with E-state index in [4.69, 9.17) is 0 Å². The maximum Gasteiger partial charge on any atom is 0.150 e. The largest absolute Gasteiger partial charge is 0.299 e. The van der Waals surface area contributed by atoms with Gasteiger partial charge in [-0.1, -0.05) is 0 Å². The van der Waals surface area contributed by atoms with Crippen LogP contribution >= 0.6 is 0 Å².